The lowest BCUT2D eigenvalue weighted by molar-refractivity contribution is 0.0710. The number of aromatic nitrogens is 1. The third-order valence-corrected chi connectivity index (χ3v) is 2.12. The molecule has 2 N–H and O–H groups in total. The molecule has 0 spiro atoms. The summed E-state index contributed by atoms with van der Waals surface area (Å²) in [5.74, 6) is 0. The van der Waals surface area contributed by atoms with Gasteiger partial charge in [-0.25, -0.2) is 0 Å². The Labute approximate surface area is 85.6 Å². The Morgan fingerprint density at radius 2 is 2.15 bits per heavy atom. The first-order chi connectivity index (χ1) is 5.95. The van der Waals surface area contributed by atoms with Crippen LogP contribution in [-0.4, -0.2) is 15.2 Å². The molecule has 1 aromatic heterocycles. The van der Waals surface area contributed by atoms with Crippen molar-refractivity contribution in [1.29, 1.82) is 0 Å². The fourth-order valence-electron chi connectivity index (χ4n) is 1.15. The van der Waals surface area contributed by atoms with E-state index in [4.69, 9.17) is 5.11 Å². The Morgan fingerprint density at radius 3 is 2.62 bits per heavy atom. The van der Waals surface area contributed by atoms with Gasteiger partial charge in [-0.2, -0.15) is 0 Å². The molecule has 0 fully saturated rings. The summed E-state index contributed by atoms with van der Waals surface area (Å²) in [6.45, 7) is 3.16. The average molecular weight is 246 g/mol. The second kappa shape index (κ2) is 3.74. The van der Waals surface area contributed by atoms with Gasteiger partial charge in [-0.15, -0.1) is 0 Å². The molecule has 3 nitrogen and oxygen atoms in total. The third kappa shape index (κ3) is 2.49. The van der Waals surface area contributed by atoms with Crippen molar-refractivity contribution in [2.45, 2.75) is 26.1 Å². The van der Waals surface area contributed by atoms with E-state index in [9.17, 15) is 5.11 Å². The molecule has 0 aliphatic rings. The van der Waals surface area contributed by atoms with Crippen LogP contribution >= 0.6 is 15.9 Å². The standard InChI is InChI=1S/C9H12BrNO2/c1-9(2,13)8-6(5-12)3-7(10)4-11-8/h3-4,12-13H,5H2,1-2H3. The van der Waals surface area contributed by atoms with Crippen molar-refractivity contribution in [2.24, 2.45) is 0 Å². The van der Waals surface area contributed by atoms with Crippen molar-refractivity contribution in [2.75, 3.05) is 0 Å². The SMILES string of the molecule is CC(C)(O)c1ncc(Br)cc1CO. The van der Waals surface area contributed by atoms with Gasteiger partial charge < -0.3 is 10.2 Å². The molecule has 0 aliphatic heterocycles. The van der Waals surface area contributed by atoms with Crippen LogP contribution in [0.4, 0.5) is 0 Å². The van der Waals surface area contributed by atoms with E-state index in [-0.39, 0.29) is 6.61 Å². The number of halogens is 1. The Morgan fingerprint density at radius 1 is 1.54 bits per heavy atom. The maximum Gasteiger partial charge on any atom is 0.101 e. The molecule has 0 bridgehead atoms. The van der Waals surface area contributed by atoms with E-state index >= 15 is 0 Å². The van der Waals surface area contributed by atoms with Crippen molar-refractivity contribution < 1.29 is 10.2 Å². The summed E-state index contributed by atoms with van der Waals surface area (Å²) in [7, 11) is 0. The monoisotopic (exact) mass is 245 g/mol. The van der Waals surface area contributed by atoms with Gasteiger partial charge >= 0.3 is 0 Å². The van der Waals surface area contributed by atoms with Crippen LogP contribution in [0.25, 0.3) is 0 Å². The van der Waals surface area contributed by atoms with Crippen molar-refractivity contribution in [3.05, 3.63) is 28.0 Å². The van der Waals surface area contributed by atoms with E-state index in [1.807, 2.05) is 0 Å². The van der Waals surface area contributed by atoms with Crippen LogP contribution in [0.1, 0.15) is 25.1 Å². The minimum Gasteiger partial charge on any atom is -0.392 e. The van der Waals surface area contributed by atoms with Crippen LogP contribution in [0.2, 0.25) is 0 Å². The van der Waals surface area contributed by atoms with Crippen LogP contribution in [-0.2, 0) is 12.2 Å². The Balaban J connectivity index is 3.22. The predicted molar refractivity (Wildman–Crippen MR) is 53.1 cm³/mol. The highest BCUT2D eigenvalue weighted by Gasteiger charge is 2.21. The summed E-state index contributed by atoms with van der Waals surface area (Å²) in [6, 6.07) is 1.75. The van der Waals surface area contributed by atoms with Crippen molar-refractivity contribution in [1.82, 2.24) is 4.98 Å². The number of nitrogens with zero attached hydrogens (tertiary/aromatic N) is 1. The molecule has 1 heterocycles. The molecule has 72 valence electrons. The average Bonchev–Trinajstić information content (AvgIpc) is 2.01. The number of pyridine rings is 1. The predicted octanol–water partition coefficient (Wildman–Crippen LogP) is 1.56. The molecule has 0 unspecified atom stereocenters. The minimum absolute atomic E-state index is 0.119. The lowest BCUT2D eigenvalue weighted by atomic mass is 10.00. The molecule has 0 aromatic carbocycles. The minimum atomic E-state index is -1.02. The molecular weight excluding hydrogens is 234 g/mol. The van der Waals surface area contributed by atoms with Crippen molar-refractivity contribution >= 4 is 15.9 Å². The van der Waals surface area contributed by atoms with E-state index in [2.05, 4.69) is 20.9 Å². The molecule has 0 saturated heterocycles. The largest absolute Gasteiger partial charge is 0.392 e. The maximum absolute atomic E-state index is 9.70. The number of hydrogen-bond donors (Lipinski definition) is 2. The molecule has 4 heteroatoms. The number of rotatable bonds is 2. The van der Waals surface area contributed by atoms with Crippen LogP contribution in [0.3, 0.4) is 0 Å². The zero-order chi connectivity index (χ0) is 10.1. The molecule has 1 rings (SSSR count). The Hall–Kier alpha value is -0.450. The van der Waals surface area contributed by atoms with Crippen LogP contribution in [0, 0.1) is 0 Å². The van der Waals surface area contributed by atoms with E-state index in [1.165, 1.54) is 0 Å². The topological polar surface area (TPSA) is 53.4 Å². The highest BCUT2D eigenvalue weighted by atomic mass is 79.9. The number of hydrogen-bond acceptors (Lipinski definition) is 3. The highest BCUT2D eigenvalue weighted by molar-refractivity contribution is 9.10. The lowest BCUT2D eigenvalue weighted by Gasteiger charge is -2.19. The van der Waals surface area contributed by atoms with Gasteiger partial charge in [0.05, 0.1) is 12.3 Å². The zero-order valence-electron chi connectivity index (χ0n) is 7.58. The highest BCUT2D eigenvalue weighted by Crippen LogP contribution is 2.23. The van der Waals surface area contributed by atoms with Gasteiger partial charge in [0, 0.05) is 16.2 Å². The van der Waals surface area contributed by atoms with E-state index in [0.717, 1.165) is 4.47 Å². The first-order valence-corrected chi connectivity index (χ1v) is 4.72. The van der Waals surface area contributed by atoms with Gasteiger partial charge in [0.2, 0.25) is 0 Å². The molecule has 0 radical (unpaired) electrons. The summed E-state index contributed by atoms with van der Waals surface area (Å²) < 4.78 is 0.796. The fraction of sp³-hybridized carbons (Fsp3) is 0.444. The lowest BCUT2D eigenvalue weighted by Crippen LogP contribution is -2.20. The first kappa shape index (κ1) is 10.6. The normalized spacial score (nSPS) is 11.8. The van der Waals surface area contributed by atoms with Crippen molar-refractivity contribution in [3.63, 3.8) is 0 Å². The molecule has 0 aliphatic carbocycles. The molecule has 1 aromatic rings. The van der Waals surface area contributed by atoms with Gasteiger partial charge in [0.25, 0.3) is 0 Å². The Kier molecular flexibility index (Phi) is 3.05. The molecule has 13 heavy (non-hydrogen) atoms. The summed E-state index contributed by atoms with van der Waals surface area (Å²) >= 11 is 3.25. The molecule has 0 amide bonds. The third-order valence-electron chi connectivity index (χ3n) is 1.68. The van der Waals surface area contributed by atoms with Gasteiger partial charge in [0.1, 0.15) is 5.60 Å². The molecular formula is C9H12BrNO2. The van der Waals surface area contributed by atoms with E-state index < -0.39 is 5.60 Å². The van der Waals surface area contributed by atoms with Crippen molar-refractivity contribution in [3.8, 4) is 0 Å². The summed E-state index contributed by atoms with van der Waals surface area (Å²) in [6.07, 6.45) is 1.60. The van der Waals surface area contributed by atoms with E-state index in [0.29, 0.717) is 11.3 Å². The quantitative estimate of drug-likeness (QED) is 0.832. The second-order valence-electron chi connectivity index (χ2n) is 3.38. The van der Waals surface area contributed by atoms with Crippen LogP contribution < -0.4 is 0 Å². The van der Waals surface area contributed by atoms with Gasteiger partial charge in [-0.05, 0) is 35.8 Å². The van der Waals surface area contributed by atoms with E-state index in [1.54, 1.807) is 26.1 Å². The van der Waals surface area contributed by atoms with Crippen LogP contribution in [0.15, 0.2) is 16.7 Å². The summed E-state index contributed by atoms with van der Waals surface area (Å²) in [5, 5.41) is 18.7. The Bertz CT molecular complexity index is 307. The first-order valence-electron chi connectivity index (χ1n) is 3.93. The van der Waals surface area contributed by atoms with Gasteiger partial charge in [-0.3, -0.25) is 4.98 Å². The van der Waals surface area contributed by atoms with Gasteiger partial charge in [-0.1, -0.05) is 0 Å². The second-order valence-corrected chi connectivity index (χ2v) is 4.29. The maximum atomic E-state index is 9.70. The summed E-state index contributed by atoms with van der Waals surface area (Å²) in [4.78, 5) is 4.06. The fourth-order valence-corrected chi connectivity index (χ4v) is 1.53. The smallest absolute Gasteiger partial charge is 0.101 e. The molecule has 0 saturated carbocycles. The molecule has 0 atom stereocenters. The van der Waals surface area contributed by atoms with Crippen LogP contribution in [0.5, 0.6) is 0 Å². The zero-order valence-corrected chi connectivity index (χ0v) is 9.17. The number of aliphatic hydroxyl groups excluding tert-OH is 1. The van der Waals surface area contributed by atoms with Gasteiger partial charge in [0.15, 0.2) is 0 Å². The summed E-state index contributed by atoms with van der Waals surface area (Å²) in [5.41, 5.74) is 0.138. The number of aliphatic hydroxyl groups is 2.